The molecule has 2 unspecified atom stereocenters. The number of rotatable bonds is 15. The first kappa shape index (κ1) is 18.1. The molecule has 0 radical (unpaired) electrons. The summed E-state index contributed by atoms with van der Waals surface area (Å²) in [5.74, 6) is 0. The van der Waals surface area contributed by atoms with Gasteiger partial charge in [-0.25, -0.2) is 0 Å². The summed E-state index contributed by atoms with van der Waals surface area (Å²) in [7, 11) is -1.34. The van der Waals surface area contributed by atoms with Crippen LogP contribution in [0.15, 0.2) is 0 Å². The largest absolute Gasteiger partial charge is 0.397 e. The third-order valence-corrected chi connectivity index (χ3v) is 4.75. The van der Waals surface area contributed by atoms with Crippen LogP contribution in [0.4, 0.5) is 0 Å². The van der Waals surface area contributed by atoms with E-state index >= 15 is 0 Å². The van der Waals surface area contributed by atoms with E-state index in [1.165, 1.54) is 32.1 Å². The Hall–Kier alpha value is 0.0569. The van der Waals surface area contributed by atoms with Crippen molar-refractivity contribution in [3.63, 3.8) is 0 Å². The van der Waals surface area contributed by atoms with Crippen LogP contribution in [0.2, 0.25) is 6.55 Å². The maximum atomic E-state index is 5.75. The number of hydrogen-bond donors (Lipinski definition) is 0. The zero-order valence-electron chi connectivity index (χ0n) is 13.3. The van der Waals surface area contributed by atoms with E-state index in [4.69, 9.17) is 18.3 Å². The van der Waals surface area contributed by atoms with Crippen molar-refractivity contribution in [3.8, 4) is 0 Å². The highest BCUT2D eigenvalue weighted by Gasteiger charge is 2.21. The molecule has 1 rings (SSSR count). The molecule has 1 saturated heterocycles. The van der Waals surface area contributed by atoms with E-state index in [0.29, 0.717) is 6.10 Å². The van der Waals surface area contributed by atoms with Gasteiger partial charge in [0.1, 0.15) is 6.10 Å². The maximum absolute atomic E-state index is 5.75. The highest BCUT2D eigenvalue weighted by molar-refractivity contribution is 6.42. The number of unbranched alkanes of at least 4 members (excludes halogenated alkanes) is 5. The van der Waals surface area contributed by atoms with Gasteiger partial charge in [-0.15, -0.1) is 0 Å². The van der Waals surface area contributed by atoms with Gasteiger partial charge in [0.05, 0.1) is 13.2 Å². The molecule has 0 bridgehead atoms. The smallest absolute Gasteiger partial charge is 0.318 e. The van der Waals surface area contributed by atoms with E-state index in [9.17, 15) is 0 Å². The maximum Gasteiger partial charge on any atom is 0.318 e. The minimum Gasteiger partial charge on any atom is -0.397 e. The molecule has 0 aromatic heterocycles. The van der Waals surface area contributed by atoms with Gasteiger partial charge < -0.3 is 18.3 Å². The fourth-order valence-electron chi connectivity index (χ4n) is 1.91. The molecule has 5 heteroatoms. The predicted octanol–water partition coefficient (Wildman–Crippen LogP) is 3.04. The van der Waals surface area contributed by atoms with Crippen molar-refractivity contribution in [2.75, 3.05) is 33.0 Å². The molecule has 0 spiro atoms. The Morgan fingerprint density at radius 2 is 1.55 bits per heavy atom. The van der Waals surface area contributed by atoms with Gasteiger partial charge in [0, 0.05) is 19.8 Å². The van der Waals surface area contributed by atoms with Gasteiger partial charge in [-0.2, -0.15) is 0 Å². The van der Waals surface area contributed by atoms with E-state index in [2.05, 4.69) is 13.5 Å². The van der Waals surface area contributed by atoms with Crippen molar-refractivity contribution >= 4 is 9.28 Å². The molecule has 2 atom stereocenters. The van der Waals surface area contributed by atoms with E-state index in [-0.39, 0.29) is 0 Å². The average Bonchev–Trinajstić information content (AvgIpc) is 3.25. The third-order valence-electron chi connectivity index (χ3n) is 3.34. The van der Waals surface area contributed by atoms with Crippen LogP contribution >= 0.6 is 0 Å². The normalized spacial score (nSPS) is 19.2. The monoisotopic (exact) mass is 304 g/mol. The van der Waals surface area contributed by atoms with Crippen molar-refractivity contribution in [2.45, 2.75) is 64.5 Å². The molecule has 0 aromatic rings. The van der Waals surface area contributed by atoms with Gasteiger partial charge in [0.2, 0.25) is 0 Å². The Labute approximate surface area is 126 Å². The fourth-order valence-corrected chi connectivity index (χ4v) is 3.00. The SMILES string of the molecule is CCCCO[SiH](C)OCCCCCCCOCC1CO1. The number of epoxide rings is 1. The second kappa shape index (κ2) is 12.8. The summed E-state index contributed by atoms with van der Waals surface area (Å²) in [6.07, 6.45) is 8.85. The van der Waals surface area contributed by atoms with Gasteiger partial charge in [-0.1, -0.05) is 32.6 Å². The Kier molecular flexibility index (Phi) is 11.6. The molecule has 0 saturated carbocycles. The lowest BCUT2D eigenvalue weighted by molar-refractivity contribution is 0.113. The first-order valence-electron chi connectivity index (χ1n) is 8.25. The standard InChI is InChI=1S/C15H32O4Si/c1-3-4-11-18-20(2)19-12-9-7-5-6-8-10-16-13-15-14-17-15/h15,20H,3-14H2,1-2H3. The summed E-state index contributed by atoms with van der Waals surface area (Å²) < 4.78 is 22.0. The van der Waals surface area contributed by atoms with Gasteiger partial charge in [-0.3, -0.25) is 0 Å². The lowest BCUT2D eigenvalue weighted by Crippen LogP contribution is -2.19. The lowest BCUT2D eigenvalue weighted by atomic mass is 10.1. The lowest BCUT2D eigenvalue weighted by Gasteiger charge is -2.12. The molecule has 20 heavy (non-hydrogen) atoms. The molecule has 0 amide bonds. The molecule has 120 valence electrons. The van der Waals surface area contributed by atoms with E-state index in [0.717, 1.165) is 45.9 Å². The Morgan fingerprint density at radius 3 is 2.20 bits per heavy atom. The van der Waals surface area contributed by atoms with Crippen LogP contribution in [-0.2, 0) is 18.3 Å². The van der Waals surface area contributed by atoms with Crippen molar-refractivity contribution in [2.24, 2.45) is 0 Å². The summed E-state index contributed by atoms with van der Waals surface area (Å²) in [4.78, 5) is 0. The average molecular weight is 305 g/mol. The van der Waals surface area contributed by atoms with E-state index in [1.807, 2.05) is 0 Å². The molecule has 0 N–H and O–H groups in total. The summed E-state index contributed by atoms with van der Waals surface area (Å²) in [5.41, 5.74) is 0. The quantitative estimate of drug-likeness (QED) is 0.265. The van der Waals surface area contributed by atoms with Crippen LogP contribution in [0.5, 0.6) is 0 Å². The minimum atomic E-state index is -1.34. The summed E-state index contributed by atoms with van der Waals surface area (Å²) in [5, 5.41) is 0. The van der Waals surface area contributed by atoms with Crippen molar-refractivity contribution in [1.29, 1.82) is 0 Å². The topological polar surface area (TPSA) is 40.2 Å². The zero-order chi connectivity index (χ0) is 14.5. The molecule has 1 aliphatic rings. The first-order chi connectivity index (χ1) is 9.83. The number of hydrogen-bond acceptors (Lipinski definition) is 4. The molecule has 1 aliphatic heterocycles. The van der Waals surface area contributed by atoms with Crippen molar-refractivity contribution in [3.05, 3.63) is 0 Å². The Balaban J connectivity index is 1.68. The molecular weight excluding hydrogens is 272 g/mol. The Morgan fingerprint density at radius 1 is 0.950 bits per heavy atom. The van der Waals surface area contributed by atoms with Gasteiger partial charge in [0.25, 0.3) is 0 Å². The van der Waals surface area contributed by atoms with Crippen molar-refractivity contribution in [1.82, 2.24) is 0 Å². The second-order valence-corrected chi connectivity index (χ2v) is 7.26. The predicted molar refractivity (Wildman–Crippen MR) is 83.5 cm³/mol. The molecule has 4 nitrogen and oxygen atoms in total. The van der Waals surface area contributed by atoms with Crippen LogP contribution in [0.1, 0.15) is 51.9 Å². The van der Waals surface area contributed by atoms with E-state index in [1.54, 1.807) is 0 Å². The Bertz CT molecular complexity index is 212. The molecular formula is C15H32O4Si. The third kappa shape index (κ3) is 11.8. The van der Waals surface area contributed by atoms with Crippen molar-refractivity contribution < 1.29 is 18.3 Å². The number of ether oxygens (including phenoxy) is 2. The molecule has 1 heterocycles. The van der Waals surface area contributed by atoms with E-state index < -0.39 is 9.28 Å². The highest BCUT2D eigenvalue weighted by Crippen LogP contribution is 2.09. The fraction of sp³-hybridized carbons (Fsp3) is 1.00. The molecule has 1 fully saturated rings. The minimum absolute atomic E-state index is 0.401. The zero-order valence-corrected chi connectivity index (χ0v) is 14.4. The highest BCUT2D eigenvalue weighted by atomic mass is 28.3. The summed E-state index contributed by atoms with van der Waals surface area (Å²) >= 11 is 0. The summed E-state index contributed by atoms with van der Waals surface area (Å²) in [6.45, 7) is 8.60. The van der Waals surface area contributed by atoms with Crippen LogP contribution < -0.4 is 0 Å². The second-order valence-electron chi connectivity index (χ2n) is 5.46. The van der Waals surface area contributed by atoms with Crippen LogP contribution in [0, 0.1) is 0 Å². The van der Waals surface area contributed by atoms with Gasteiger partial charge in [0.15, 0.2) is 0 Å². The summed E-state index contributed by atoms with van der Waals surface area (Å²) in [6, 6.07) is 0. The molecule has 0 aliphatic carbocycles. The van der Waals surface area contributed by atoms with Gasteiger partial charge in [-0.05, 0) is 25.8 Å². The van der Waals surface area contributed by atoms with Crippen LogP contribution in [0.3, 0.4) is 0 Å². The van der Waals surface area contributed by atoms with Crippen LogP contribution in [-0.4, -0.2) is 48.4 Å². The van der Waals surface area contributed by atoms with Gasteiger partial charge >= 0.3 is 9.28 Å². The first-order valence-corrected chi connectivity index (χ1v) is 10.3. The van der Waals surface area contributed by atoms with Crippen LogP contribution in [0.25, 0.3) is 0 Å². The molecule has 0 aromatic carbocycles.